The first-order valence-corrected chi connectivity index (χ1v) is 4.57. The Balaban J connectivity index is 3.44. The maximum absolute atomic E-state index is 10.8. The number of carbonyl (C=O) groups excluding carboxylic acids is 1. The fourth-order valence-corrected chi connectivity index (χ4v) is 0.723. The Hall–Kier alpha value is -0.210. The molecule has 0 fully saturated rings. The number of halogens is 2. The molecule has 1 unspecified atom stereocenters. The lowest BCUT2D eigenvalue weighted by Crippen LogP contribution is -2.11. The highest BCUT2D eigenvalue weighted by atomic mass is 35.5. The number of carbonyl (C=O) groups is 1. The highest BCUT2D eigenvalue weighted by molar-refractivity contribution is 6.28. The molecule has 0 spiro atoms. The summed E-state index contributed by atoms with van der Waals surface area (Å²) in [6.45, 7) is 5.34. The second-order valence-corrected chi connectivity index (χ2v) is 3.38. The van der Waals surface area contributed by atoms with Crippen LogP contribution in [0.1, 0.15) is 13.3 Å². The standard InChI is InChI=1S/C8H12Cl2O2/c1-6(2)8(11)12-4-3-7(10)5-9/h7H,1,3-5H2,2H3. The molecule has 0 saturated carbocycles. The highest BCUT2D eigenvalue weighted by Gasteiger charge is 2.05. The third kappa shape index (κ3) is 5.44. The minimum Gasteiger partial charge on any atom is -0.462 e. The van der Waals surface area contributed by atoms with Crippen molar-refractivity contribution in [2.75, 3.05) is 12.5 Å². The van der Waals surface area contributed by atoms with E-state index in [4.69, 9.17) is 27.9 Å². The van der Waals surface area contributed by atoms with Gasteiger partial charge in [-0.1, -0.05) is 6.58 Å². The molecule has 0 heterocycles. The van der Waals surface area contributed by atoms with E-state index in [0.29, 0.717) is 24.5 Å². The van der Waals surface area contributed by atoms with Crippen molar-refractivity contribution in [3.8, 4) is 0 Å². The van der Waals surface area contributed by atoms with E-state index in [0.717, 1.165) is 0 Å². The first-order valence-electron chi connectivity index (χ1n) is 3.60. The smallest absolute Gasteiger partial charge is 0.333 e. The van der Waals surface area contributed by atoms with E-state index < -0.39 is 0 Å². The van der Waals surface area contributed by atoms with E-state index in [9.17, 15) is 4.79 Å². The van der Waals surface area contributed by atoms with Crippen molar-refractivity contribution in [1.29, 1.82) is 0 Å². The zero-order valence-corrected chi connectivity index (χ0v) is 8.49. The van der Waals surface area contributed by atoms with E-state index in [1.807, 2.05) is 0 Å². The lowest BCUT2D eigenvalue weighted by atomic mass is 10.3. The van der Waals surface area contributed by atoms with Crippen LogP contribution in [-0.2, 0) is 9.53 Å². The molecule has 70 valence electrons. The molecule has 12 heavy (non-hydrogen) atoms. The monoisotopic (exact) mass is 210 g/mol. The maximum Gasteiger partial charge on any atom is 0.333 e. The molecule has 0 aromatic carbocycles. The molecule has 0 aliphatic rings. The zero-order chi connectivity index (χ0) is 9.56. The van der Waals surface area contributed by atoms with Crippen LogP contribution in [0.25, 0.3) is 0 Å². The van der Waals surface area contributed by atoms with Crippen LogP contribution in [0.15, 0.2) is 12.2 Å². The summed E-state index contributed by atoms with van der Waals surface area (Å²) in [5.74, 6) is -0.0138. The first kappa shape index (κ1) is 11.8. The number of ether oxygens (including phenoxy) is 1. The van der Waals surface area contributed by atoms with Crippen molar-refractivity contribution in [1.82, 2.24) is 0 Å². The molecule has 0 aromatic heterocycles. The summed E-state index contributed by atoms with van der Waals surface area (Å²) in [7, 11) is 0. The summed E-state index contributed by atoms with van der Waals surface area (Å²) in [6.07, 6.45) is 0.573. The van der Waals surface area contributed by atoms with Crippen LogP contribution >= 0.6 is 23.2 Å². The molecule has 0 bridgehead atoms. The average molecular weight is 211 g/mol. The van der Waals surface area contributed by atoms with E-state index >= 15 is 0 Å². The number of rotatable bonds is 5. The SMILES string of the molecule is C=C(C)C(=O)OCCC(Cl)CCl. The van der Waals surface area contributed by atoms with Gasteiger partial charge in [0, 0.05) is 11.5 Å². The van der Waals surface area contributed by atoms with E-state index in [2.05, 4.69) is 6.58 Å². The van der Waals surface area contributed by atoms with Crippen molar-refractivity contribution in [3.63, 3.8) is 0 Å². The fourth-order valence-electron chi connectivity index (χ4n) is 0.480. The molecule has 0 rings (SSSR count). The van der Waals surface area contributed by atoms with Gasteiger partial charge in [-0.3, -0.25) is 0 Å². The van der Waals surface area contributed by atoms with Gasteiger partial charge in [0.15, 0.2) is 0 Å². The van der Waals surface area contributed by atoms with Gasteiger partial charge in [-0.05, 0) is 13.3 Å². The van der Waals surface area contributed by atoms with Crippen LogP contribution in [0.4, 0.5) is 0 Å². The minimum atomic E-state index is -0.381. The fraction of sp³-hybridized carbons (Fsp3) is 0.625. The number of hydrogen-bond acceptors (Lipinski definition) is 2. The van der Waals surface area contributed by atoms with Crippen LogP contribution in [0.3, 0.4) is 0 Å². The minimum absolute atomic E-state index is 0.135. The normalized spacial score (nSPS) is 12.2. The summed E-state index contributed by atoms with van der Waals surface area (Å²) >= 11 is 11.1. The lowest BCUT2D eigenvalue weighted by Gasteiger charge is -2.06. The van der Waals surface area contributed by atoms with Crippen molar-refractivity contribution in [2.24, 2.45) is 0 Å². The van der Waals surface area contributed by atoms with Crippen molar-refractivity contribution in [2.45, 2.75) is 18.7 Å². The van der Waals surface area contributed by atoms with Crippen LogP contribution in [0, 0.1) is 0 Å². The topological polar surface area (TPSA) is 26.3 Å². The molecule has 4 heteroatoms. The van der Waals surface area contributed by atoms with Crippen molar-refractivity contribution < 1.29 is 9.53 Å². The van der Waals surface area contributed by atoms with Crippen LogP contribution in [0.2, 0.25) is 0 Å². The summed E-state index contributed by atoms with van der Waals surface area (Å²) in [4.78, 5) is 10.8. The second kappa shape index (κ2) is 6.32. The molecule has 0 aliphatic carbocycles. The molecule has 0 N–H and O–H groups in total. The predicted octanol–water partition coefficient (Wildman–Crippen LogP) is 2.34. The number of hydrogen-bond donors (Lipinski definition) is 0. The number of esters is 1. The molecular weight excluding hydrogens is 199 g/mol. The summed E-state index contributed by atoms with van der Waals surface area (Å²) in [6, 6.07) is 0. The van der Waals surface area contributed by atoms with Gasteiger partial charge in [-0.2, -0.15) is 0 Å². The quantitative estimate of drug-likeness (QED) is 0.396. The van der Waals surface area contributed by atoms with E-state index in [1.54, 1.807) is 6.92 Å². The van der Waals surface area contributed by atoms with Gasteiger partial charge in [0.25, 0.3) is 0 Å². The Morgan fingerprint density at radius 2 is 2.25 bits per heavy atom. The van der Waals surface area contributed by atoms with Crippen LogP contribution in [-0.4, -0.2) is 23.8 Å². The van der Waals surface area contributed by atoms with Crippen molar-refractivity contribution >= 4 is 29.2 Å². The van der Waals surface area contributed by atoms with Gasteiger partial charge < -0.3 is 4.74 Å². The van der Waals surface area contributed by atoms with Gasteiger partial charge in [-0.15, -0.1) is 23.2 Å². The average Bonchev–Trinajstić information content (AvgIpc) is 2.03. The molecule has 0 saturated heterocycles. The third-order valence-electron chi connectivity index (χ3n) is 1.18. The molecule has 1 atom stereocenters. The lowest BCUT2D eigenvalue weighted by molar-refractivity contribution is -0.139. The van der Waals surface area contributed by atoms with Gasteiger partial charge in [0.05, 0.1) is 12.0 Å². The van der Waals surface area contributed by atoms with Gasteiger partial charge >= 0.3 is 5.97 Å². The Labute approximate surface area is 82.5 Å². The Kier molecular flexibility index (Phi) is 6.21. The summed E-state index contributed by atoms with van der Waals surface area (Å²) < 4.78 is 4.79. The third-order valence-corrected chi connectivity index (χ3v) is 2.08. The van der Waals surface area contributed by atoms with E-state index in [-0.39, 0.29) is 11.3 Å². The predicted molar refractivity (Wildman–Crippen MR) is 50.8 cm³/mol. The molecular formula is C8H12Cl2O2. The van der Waals surface area contributed by atoms with Gasteiger partial charge in [0.1, 0.15) is 0 Å². The van der Waals surface area contributed by atoms with Gasteiger partial charge in [-0.25, -0.2) is 4.79 Å². The molecule has 2 nitrogen and oxygen atoms in total. The van der Waals surface area contributed by atoms with E-state index in [1.165, 1.54) is 0 Å². The molecule has 0 aromatic rings. The summed E-state index contributed by atoms with van der Waals surface area (Å²) in [5, 5.41) is -0.135. The zero-order valence-electron chi connectivity index (χ0n) is 6.98. The van der Waals surface area contributed by atoms with Crippen LogP contribution in [0.5, 0.6) is 0 Å². The van der Waals surface area contributed by atoms with Crippen molar-refractivity contribution in [3.05, 3.63) is 12.2 Å². The number of alkyl halides is 2. The highest BCUT2D eigenvalue weighted by Crippen LogP contribution is 2.04. The second-order valence-electron chi connectivity index (χ2n) is 2.46. The van der Waals surface area contributed by atoms with Crippen LogP contribution < -0.4 is 0 Å². The summed E-state index contributed by atoms with van der Waals surface area (Å²) in [5.41, 5.74) is 0.395. The van der Waals surface area contributed by atoms with Gasteiger partial charge in [0.2, 0.25) is 0 Å². The molecule has 0 radical (unpaired) electrons. The Morgan fingerprint density at radius 1 is 1.67 bits per heavy atom. The Morgan fingerprint density at radius 3 is 2.67 bits per heavy atom. The first-order chi connectivity index (χ1) is 5.57. The Bertz CT molecular complexity index is 168. The maximum atomic E-state index is 10.8. The molecule has 0 aliphatic heterocycles. The molecule has 0 amide bonds. The largest absolute Gasteiger partial charge is 0.462 e.